The van der Waals surface area contributed by atoms with E-state index < -0.39 is 0 Å². The van der Waals surface area contributed by atoms with Crippen LogP contribution >= 0.6 is 0 Å². The van der Waals surface area contributed by atoms with Crippen LogP contribution in [0.15, 0.2) is 47.3 Å². The molecule has 0 radical (unpaired) electrons. The van der Waals surface area contributed by atoms with Crippen molar-refractivity contribution in [2.24, 2.45) is 0 Å². The van der Waals surface area contributed by atoms with Crippen molar-refractivity contribution in [1.82, 2.24) is 5.32 Å². The fourth-order valence-electron chi connectivity index (χ4n) is 2.13. The van der Waals surface area contributed by atoms with Gasteiger partial charge in [-0.25, -0.2) is 0 Å². The SMILES string of the molecule is CCN(CCNCc1ccoc1)c1cccc(C)c1. The normalized spacial score (nSPS) is 10.6. The van der Waals surface area contributed by atoms with Crippen LogP contribution in [0.2, 0.25) is 0 Å². The molecule has 19 heavy (non-hydrogen) atoms. The lowest BCUT2D eigenvalue weighted by molar-refractivity contribution is 0.560. The number of hydrogen-bond acceptors (Lipinski definition) is 3. The molecule has 3 nitrogen and oxygen atoms in total. The second-order valence-electron chi connectivity index (χ2n) is 4.73. The third kappa shape index (κ3) is 4.14. The maximum absolute atomic E-state index is 5.05. The zero-order chi connectivity index (χ0) is 13.5. The van der Waals surface area contributed by atoms with Gasteiger partial charge in [-0.1, -0.05) is 12.1 Å². The second kappa shape index (κ2) is 7.00. The molecule has 0 saturated heterocycles. The molecule has 102 valence electrons. The molecule has 1 aromatic carbocycles. The third-order valence-corrected chi connectivity index (χ3v) is 3.22. The molecular weight excluding hydrogens is 236 g/mol. The summed E-state index contributed by atoms with van der Waals surface area (Å²) in [5, 5.41) is 3.44. The molecular formula is C16H22N2O. The first-order valence-corrected chi connectivity index (χ1v) is 6.83. The maximum Gasteiger partial charge on any atom is 0.0947 e. The van der Waals surface area contributed by atoms with E-state index in [9.17, 15) is 0 Å². The summed E-state index contributed by atoms with van der Waals surface area (Å²) in [7, 11) is 0. The Morgan fingerprint density at radius 3 is 2.84 bits per heavy atom. The van der Waals surface area contributed by atoms with Gasteiger partial charge < -0.3 is 14.6 Å². The van der Waals surface area contributed by atoms with Crippen molar-refractivity contribution in [3.05, 3.63) is 54.0 Å². The van der Waals surface area contributed by atoms with Crippen molar-refractivity contribution >= 4 is 5.69 Å². The number of nitrogens with zero attached hydrogens (tertiary/aromatic N) is 1. The van der Waals surface area contributed by atoms with Gasteiger partial charge in [-0.2, -0.15) is 0 Å². The number of aryl methyl sites for hydroxylation is 1. The molecule has 0 unspecified atom stereocenters. The van der Waals surface area contributed by atoms with Crippen LogP contribution in [0.3, 0.4) is 0 Å². The van der Waals surface area contributed by atoms with E-state index in [1.165, 1.54) is 16.8 Å². The molecule has 0 saturated carbocycles. The van der Waals surface area contributed by atoms with Gasteiger partial charge in [-0.15, -0.1) is 0 Å². The lowest BCUT2D eigenvalue weighted by Crippen LogP contribution is -2.31. The van der Waals surface area contributed by atoms with Crippen molar-refractivity contribution in [1.29, 1.82) is 0 Å². The number of likely N-dealkylation sites (N-methyl/N-ethyl adjacent to an activating group) is 1. The van der Waals surface area contributed by atoms with Crippen LogP contribution in [0, 0.1) is 6.92 Å². The predicted molar refractivity (Wildman–Crippen MR) is 79.5 cm³/mol. The van der Waals surface area contributed by atoms with Gasteiger partial charge in [0.1, 0.15) is 0 Å². The maximum atomic E-state index is 5.05. The standard InChI is InChI=1S/C16H22N2O/c1-3-18(16-6-4-5-14(2)11-16)9-8-17-12-15-7-10-19-13-15/h4-7,10-11,13,17H,3,8-9,12H2,1-2H3. The van der Waals surface area contributed by atoms with Gasteiger partial charge in [0.05, 0.1) is 12.5 Å². The first-order valence-electron chi connectivity index (χ1n) is 6.83. The van der Waals surface area contributed by atoms with E-state index in [-0.39, 0.29) is 0 Å². The number of hydrogen-bond donors (Lipinski definition) is 1. The minimum atomic E-state index is 0.863. The Labute approximate surface area is 115 Å². The van der Waals surface area contributed by atoms with Crippen LogP contribution in [-0.4, -0.2) is 19.6 Å². The van der Waals surface area contributed by atoms with Gasteiger partial charge in [-0.3, -0.25) is 0 Å². The molecule has 2 rings (SSSR count). The molecule has 0 aliphatic carbocycles. The van der Waals surface area contributed by atoms with Gasteiger partial charge in [-0.05, 0) is 37.6 Å². The Morgan fingerprint density at radius 1 is 1.26 bits per heavy atom. The highest BCUT2D eigenvalue weighted by Crippen LogP contribution is 2.14. The molecule has 1 heterocycles. The molecule has 0 aliphatic heterocycles. The molecule has 0 aliphatic rings. The van der Waals surface area contributed by atoms with E-state index in [1.807, 2.05) is 6.07 Å². The quantitative estimate of drug-likeness (QED) is 0.773. The van der Waals surface area contributed by atoms with Gasteiger partial charge in [0, 0.05) is 37.4 Å². The minimum Gasteiger partial charge on any atom is -0.472 e. The number of rotatable bonds is 7. The highest BCUT2D eigenvalue weighted by molar-refractivity contribution is 5.48. The Kier molecular flexibility index (Phi) is 5.04. The van der Waals surface area contributed by atoms with Gasteiger partial charge in [0.25, 0.3) is 0 Å². The number of benzene rings is 1. The Bertz CT molecular complexity index is 479. The molecule has 0 amide bonds. The number of anilines is 1. The highest BCUT2D eigenvalue weighted by Gasteiger charge is 2.03. The summed E-state index contributed by atoms with van der Waals surface area (Å²) >= 11 is 0. The fraction of sp³-hybridized carbons (Fsp3) is 0.375. The zero-order valence-electron chi connectivity index (χ0n) is 11.7. The summed E-state index contributed by atoms with van der Waals surface area (Å²) in [6.45, 7) is 8.19. The molecule has 0 spiro atoms. The van der Waals surface area contributed by atoms with Crippen LogP contribution in [0.1, 0.15) is 18.1 Å². The molecule has 0 fully saturated rings. The van der Waals surface area contributed by atoms with Crippen molar-refractivity contribution in [3.63, 3.8) is 0 Å². The monoisotopic (exact) mass is 258 g/mol. The summed E-state index contributed by atoms with van der Waals surface area (Å²) in [5.74, 6) is 0. The summed E-state index contributed by atoms with van der Waals surface area (Å²) in [6.07, 6.45) is 3.49. The van der Waals surface area contributed by atoms with Crippen LogP contribution in [-0.2, 0) is 6.54 Å². The van der Waals surface area contributed by atoms with Crippen LogP contribution in [0.4, 0.5) is 5.69 Å². The minimum absolute atomic E-state index is 0.863. The van der Waals surface area contributed by atoms with E-state index in [0.717, 1.165) is 26.2 Å². The van der Waals surface area contributed by atoms with E-state index in [4.69, 9.17) is 4.42 Å². The largest absolute Gasteiger partial charge is 0.472 e. The zero-order valence-corrected chi connectivity index (χ0v) is 11.7. The lowest BCUT2D eigenvalue weighted by Gasteiger charge is -2.23. The van der Waals surface area contributed by atoms with Crippen molar-refractivity contribution < 1.29 is 4.42 Å². The Hall–Kier alpha value is -1.74. The average Bonchev–Trinajstić information content (AvgIpc) is 2.92. The molecule has 0 bridgehead atoms. The van der Waals surface area contributed by atoms with E-state index in [2.05, 4.69) is 48.3 Å². The van der Waals surface area contributed by atoms with Gasteiger partial charge >= 0.3 is 0 Å². The van der Waals surface area contributed by atoms with Gasteiger partial charge in [0.15, 0.2) is 0 Å². The van der Waals surface area contributed by atoms with Crippen molar-refractivity contribution in [3.8, 4) is 0 Å². The molecule has 3 heteroatoms. The predicted octanol–water partition coefficient (Wildman–Crippen LogP) is 3.20. The topological polar surface area (TPSA) is 28.4 Å². The molecule has 1 aromatic heterocycles. The van der Waals surface area contributed by atoms with Crippen LogP contribution in [0.25, 0.3) is 0 Å². The summed E-state index contributed by atoms with van der Waals surface area (Å²) in [4.78, 5) is 2.38. The van der Waals surface area contributed by atoms with Crippen LogP contribution < -0.4 is 10.2 Å². The first kappa shape index (κ1) is 13.7. The smallest absolute Gasteiger partial charge is 0.0947 e. The molecule has 2 aromatic rings. The lowest BCUT2D eigenvalue weighted by atomic mass is 10.2. The summed E-state index contributed by atoms with van der Waals surface area (Å²) in [5.41, 5.74) is 3.80. The summed E-state index contributed by atoms with van der Waals surface area (Å²) in [6, 6.07) is 10.7. The molecule has 1 N–H and O–H groups in total. The van der Waals surface area contributed by atoms with E-state index >= 15 is 0 Å². The fourth-order valence-corrected chi connectivity index (χ4v) is 2.13. The average molecular weight is 258 g/mol. The van der Waals surface area contributed by atoms with Gasteiger partial charge in [0.2, 0.25) is 0 Å². The molecule has 0 atom stereocenters. The van der Waals surface area contributed by atoms with E-state index in [0.29, 0.717) is 0 Å². The summed E-state index contributed by atoms with van der Waals surface area (Å²) < 4.78 is 5.05. The highest BCUT2D eigenvalue weighted by atomic mass is 16.3. The number of furan rings is 1. The number of nitrogens with one attached hydrogen (secondary N) is 1. The van der Waals surface area contributed by atoms with Crippen molar-refractivity contribution in [2.75, 3.05) is 24.5 Å². The Morgan fingerprint density at radius 2 is 2.16 bits per heavy atom. The second-order valence-corrected chi connectivity index (χ2v) is 4.73. The third-order valence-electron chi connectivity index (χ3n) is 3.22. The first-order chi connectivity index (χ1) is 9.29. The van der Waals surface area contributed by atoms with Crippen molar-refractivity contribution in [2.45, 2.75) is 20.4 Å². The van der Waals surface area contributed by atoms with E-state index in [1.54, 1.807) is 12.5 Å². The van der Waals surface area contributed by atoms with Crippen LogP contribution in [0.5, 0.6) is 0 Å². The Balaban J connectivity index is 1.79.